The van der Waals surface area contributed by atoms with Gasteiger partial charge in [0.1, 0.15) is 11.5 Å². The van der Waals surface area contributed by atoms with E-state index in [-0.39, 0.29) is 5.84 Å². The quantitative estimate of drug-likeness (QED) is 0.613. The molecule has 0 bridgehead atoms. The van der Waals surface area contributed by atoms with Crippen LogP contribution >= 0.6 is 0 Å². The van der Waals surface area contributed by atoms with E-state index < -0.39 is 0 Å². The molecule has 0 saturated heterocycles. The Hall–Kier alpha value is -2.17. The van der Waals surface area contributed by atoms with Crippen LogP contribution in [0.25, 0.3) is 0 Å². The summed E-state index contributed by atoms with van der Waals surface area (Å²) in [6.45, 7) is 4.66. The molecule has 5 heteroatoms. The van der Waals surface area contributed by atoms with Crippen molar-refractivity contribution in [3.63, 3.8) is 0 Å². The minimum atomic E-state index is -0.0137. The fourth-order valence-electron chi connectivity index (χ4n) is 1.73. The average Bonchev–Trinajstić information content (AvgIpc) is 2.58. The molecule has 0 atom stereocenters. The molecule has 0 spiro atoms. The molecule has 2 aromatic heterocycles. The molecule has 0 saturated carbocycles. The molecular weight excluding hydrogens is 214 g/mol. The molecule has 17 heavy (non-hydrogen) atoms. The maximum atomic E-state index is 7.35. The highest BCUT2D eigenvalue weighted by Crippen LogP contribution is 2.07. The molecule has 0 aliphatic rings. The maximum absolute atomic E-state index is 7.35. The monoisotopic (exact) mass is 229 g/mol. The van der Waals surface area contributed by atoms with Gasteiger partial charge < -0.3 is 5.73 Å². The molecule has 0 amide bonds. The lowest BCUT2D eigenvalue weighted by Crippen LogP contribution is -2.14. The van der Waals surface area contributed by atoms with Gasteiger partial charge in [-0.25, -0.2) is 0 Å². The number of nitrogen functional groups attached to an aromatic ring is 1. The van der Waals surface area contributed by atoms with Gasteiger partial charge in [0.05, 0.1) is 12.2 Å². The lowest BCUT2D eigenvalue weighted by Gasteiger charge is -2.05. The van der Waals surface area contributed by atoms with Crippen LogP contribution in [0.3, 0.4) is 0 Å². The number of hydrogen-bond acceptors (Lipinski definition) is 3. The van der Waals surface area contributed by atoms with E-state index in [1.165, 1.54) is 0 Å². The highest BCUT2D eigenvalue weighted by molar-refractivity contribution is 5.93. The first-order chi connectivity index (χ1) is 8.06. The highest BCUT2D eigenvalue weighted by Gasteiger charge is 2.04. The second kappa shape index (κ2) is 4.37. The van der Waals surface area contributed by atoms with Crippen molar-refractivity contribution in [2.24, 2.45) is 5.73 Å². The lowest BCUT2D eigenvalue weighted by molar-refractivity contribution is 0.658. The smallest absolute Gasteiger partial charge is 0.141 e. The molecule has 5 nitrogen and oxygen atoms in total. The molecule has 0 aliphatic carbocycles. The van der Waals surface area contributed by atoms with Gasteiger partial charge in [-0.1, -0.05) is 0 Å². The predicted octanol–water partition coefficient (Wildman–Crippen LogP) is 1.23. The predicted molar refractivity (Wildman–Crippen MR) is 66.1 cm³/mol. The van der Waals surface area contributed by atoms with E-state index in [1.807, 2.05) is 36.7 Å². The van der Waals surface area contributed by atoms with Gasteiger partial charge in [0, 0.05) is 11.9 Å². The van der Waals surface area contributed by atoms with Crippen molar-refractivity contribution in [1.82, 2.24) is 14.8 Å². The Kier molecular flexibility index (Phi) is 2.91. The SMILES string of the molecule is Cc1cc(C)n(Cc2ccnc(C(=N)N)c2)n1. The molecule has 3 N–H and O–H groups in total. The van der Waals surface area contributed by atoms with Crippen LogP contribution in [-0.2, 0) is 6.54 Å². The van der Waals surface area contributed by atoms with E-state index in [0.29, 0.717) is 12.2 Å². The number of nitrogens with zero attached hydrogens (tertiary/aromatic N) is 3. The summed E-state index contributed by atoms with van der Waals surface area (Å²) >= 11 is 0. The van der Waals surface area contributed by atoms with Crippen molar-refractivity contribution < 1.29 is 0 Å². The Morgan fingerprint density at radius 3 is 2.76 bits per heavy atom. The Bertz CT molecular complexity index is 556. The second-order valence-corrected chi connectivity index (χ2v) is 4.05. The van der Waals surface area contributed by atoms with E-state index >= 15 is 0 Å². The van der Waals surface area contributed by atoms with Crippen molar-refractivity contribution in [2.75, 3.05) is 0 Å². The van der Waals surface area contributed by atoms with Gasteiger partial charge in [0.2, 0.25) is 0 Å². The van der Waals surface area contributed by atoms with Gasteiger partial charge in [-0.2, -0.15) is 5.10 Å². The zero-order valence-electron chi connectivity index (χ0n) is 9.94. The number of aromatic nitrogens is 3. The van der Waals surface area contributed by atoms with E-state index in [4.69, 9.17) is 11.1 Å². The van der Waals surface area contributed by atoms with Gasteiger partial charge in [0.25, 0.3) is 0 Å². The zero-order chi connectivity index (χ0) is 12.4. The molecule has 0 aliphatic heterocycles. The fraction of sp³-hybridized carbons (Fsp3) is 0.250. The Labute approximate surface area is 99.8 Å². The van der Waals surface area contributed by atoms with Crippen LogP contribution in [0.15, 0.2) is 24.4 Å². The van der Waals surface area contributed by atoms with Crippen LogP contribution in [0.4, 0.5) is 0 Å². The van der Waals surface area contributed by atoms with Crippen molar-refractivity contribution in [1.29, 1.82) is 5.41 Å². The van der Waals surface area contributed by atoms with Crippen molar-refractivity contribution in [3.05, 3.63) is 47.0 Å². The van der Waals surface area contributed by atoms with Crippen LogP contribution in [0.5, 0.6) is 0 Å². The van der Waals surface area contributed by atoms with E-state index in [0.717, 1.165) is 17.0 Å². The number of aryl methyl sites for hydroxylation is 2. The first-order valence-electron chi connectivity index (χ1n) is 5.36. The average molecular weight is 229 g/mol. The number of amidine groups is 1. The van der Waals surface area contributed by atoms with Crippen LogP contribution in [-0.4, -0.2) is 20.6 Å². The molecule has 0 radical (unpaired) electrons. The summed E-state index contributed by atoms with van der Waals surface area (Å²) in [7, 11) is 0. The van der Waals surface area contributed by atoms with Crippen LogP contribution in [0.2, 0.25) is 0 Å². The summed E-state index contributed by atoms with van der Waals surface area (Å²) in [5.41, 5.74) is 9.07. The van der Waals surface area contributed by atoms with Crippen LogP contribution in [0.1, 0.15) is 22.6 Å². The molecule has 2 aromatic rings. The lowest BCUT2D eigenvalue weighted by atomic mass is 10.2. The molecule has 0 unspecified atom stereocenters. The molecule has 0 aromatic carbocycles. The molecule has 2 rings (SSSR count). The minimum absolute atomic E-state index is 0.0137. The van der Waals surface area contributed by atoms with Gasteiger partial charge in [-0.3, -0.25) is 15.1 Å². The summed E-state index contributed by atoms with van der Waals surface area (Å²) in [5.74, 6) is -0.0137. The van der Waals surface area contributed by atoms with E-state index in [2.05, 4.69) is 10.1 Å². The second-order valence-electron chi connectivity index (χ2n) is 4.05. The van der Waals surface area contributed by atoms with E-state index in [1.54, 1.807) is 6.20 Å². The Balaban J connectivity index is 2.27. The Morgan fingerprint density at radius 2 is 2.18 bits per heavy atom. The first-order valence-corrected chi connectivity index (χ1v) is 5.36. The minimum Gasteiger partial charge on any atom is -0.382 e. The number of nitrogens with one attached hydrogen (secondary N) is 1. The molecule has 0 fully saturated rings. The molecule has 88 valence electrons. The summed E-state index contributed by atoms with van der Waals surface area (Å²) in [6, 6.07) is 5.76. The van der Waals surface area contributed by atoms with Crippen LogP contribution < -0.4 is 5.73 Å². The summed E-state index contributed by atoms with van der Waals surface area (Å²) in [6.07, 6.45) is 1.66. The standard InChI is InChI=1S/C12H15N5/c1-8-5-9(2)17(16-8)7-10-3-4-15-11(6-10)12(13)14/h3-6H,7H2,1-2H3,(H3,13,14). The normalized spacial score (nSPS) is 10.5. The number of hydrogen-bond donors (Lipinski definition) is 2. The topological polar surface area (TPSA) is 80.6 Å². The van der Waals surface area contributed by atoms with Crippen molar-refractivity contribution in [3.8, 4) is 0 Å². The largest absolute Gasteiger partial charge is 0.382 e. The van der Waals surface area contributed by atoms with Gasteiger partial charge in [-0.15, -0.1) is 0 Å². The van der Waals surface area contributed by atoms with Gasteiger partial charge in [0.15, 0.2) is 0 Å². The van der Waals surface area contributed by atoms with E-state index in [9.17, 15) is 0 Å². The van der Waals surface area contributed by atoms with Crippen molar-refractivity contribution in [2.45, 2.75) is 20.4 Å². The fourth-order valence-corrected chi connectivity index (χ4v) is 1.73. The number of pyridine rings is 1. The first kappa shape index (κ1) is 11.3. The number of rotatable bonds is 3. The third-order valence-corrected chi connectivity index (χ3v) is 2.54. The zero-order valence-corrected chi connectivity index (χ0v) is 9.94. The number of nitrogens with two attached hydrogens (primary N) is 1. The summed E-state index contributed by atoms with van der Waals surface area (Å²) < 4.78 is 1.93. The maximum Gasteiger partial charge on any atom is 0.141 e. The van der Waals surface area contributed by atoms with Crippen LogP contribution in [0, 0.1) is 19.3 Å². The third kappa shape index (κ3) is 2.50. The molecule has 2 heterocycles. The summed E-state index contributed by atoms with van der Waals surface area (Å²) in [4.78, 5) is 4.03. The highest BCUT2D eigenvalue weighted by atomic mass is 15.3. The van der Waals surface area contributed by atoms with Gasteiger partial charge in [-0.05, 0) is 37.6 Å². The third-order valence-electron chi connectivity index (χ3n) is 2.54. The van der Waals surface area contributed by atoms with Gasteiger partial charge >= 0.3 is 0 Å². The van der Waals surface area contributed by atoms with Crippen molar-refractivity contribution >= 4 is 5.84 Å². The Morgan fingerprint density at radius 1 is 1.41 bits per heavy atom. The summed E-state index contributed by atoms with van der Waals surface area (Å²) in [5, 5.41) is 11.7. The molecular formula is C12H15N5.